The van der Waals surface area contributed by atoms with Gasteiger partial charge in [0, 0.05) is 24.6 Å². The van der Waals surface area contributed by atoms with Crippen LogP contribution in [0, 0.1) is 21.9 Å². The van der Waals surface area contributed by atoms with E-state index >= 15 is 0 Å². The van der Waals surface area contributed by atoms with E-state index in [1.807, 2.05) is 6.07 Å². The fourth-order valence-corrected chi connectivity index (χ4v) is 5.57. The fraction of sp³-hybridized carbons (Fsp3) is 0.480. The minimum Gasteiger partial charge on any atom is -0.472 e. The molecular formula is C25H29NO5S. The predicted octanol–water partition coefficient (Wildman–Crippen LogP) is 5.60. The molecule has 4 atom stereocenters. The van der Waals surface area contributed by atoms with Crippen LogP contribution >= 0.6 is 12.2 Å². The van der Waals surface area contributed by atoms with Crippen molar-refractivity contribution in [1.82, 2.24) is 4.73 Å². The minimum atomic E-state index is -0.657. The molecular weight excluding hydrogens is 426 g/mol. The summed E-state index contributed by atoms with van der Waals surface area (Å²) in [6.45, 7) is 6.30. The highest BCUT2D eigenvalue weighted by molar-refractivity contribution is 7.71. The van der Waals surface area contributed by atoms with Crippen molar-refractivity contribution >= 4 is 24.2 Å². The Morgan fingerprint density at radius 3 is 2.81 bits per heavy atom. The monoisotopic (exact) mass is 455 g/mol. The molecule has 32 heavy (non-hydrogen) atoms. The summed E-state index contributed by atoms with van der Waals surface area (Å²) in [5.41, 5.74) is 2.69. The lowest BCUT2D eigenvalue weighted by Crippen LogP contribution is -2.45. The van der Waals surface area contributed by atoms with Crippen LogP contribution in [0.25, 0.3) is 0 Å². The van der Waals surface area contributed by atoms with Gasteiger partial charge in [-0.15, -0.1) is 0 Å². The molecule has 1 aliphatic heterocycles. The molecule has 0 bridgehead atoms. The molecule has 4 rings (SSSR count). The lowest BCUT2D eigenvalue weighted by molar-refractivity contribution is -0.156. The van der Waals surface area contributed by atoms with E-state index in [4.69, 9.17) is 26.2 Å². The van der Waals surface area contributed by atoms with Crippen LogP contribution in [0.15, 0.2) is 58.6 Å². The maximum Gasteiger partial charge on any atom is 0.332 e. The summed E-state index contributed by atoms with van der Waals surface area (Å²) in [6.07, 6.45) is 7.70. The molecule has 0 unspecified atom stereocenters. The number of cyclic esters (lactones) is 1. The highest BCUT2D eigenvalue weighted by Crippen LogP contribution is 2.59. The van der Waals surface area contributed by atoms with Gasteiger partial charge in [0.15, 0.2) is 0 Å². The number of furan rings is 1. The van der Waals surface area contributed by atoms with E-state index in [2.05, 4.69) is 20.8 Å². The summed E-state index contributed by atoms with van der Waals surface area (Å²) in [6, 6.07) is 7.10. The van der Waals surface area contributed by atoms with Crippen molar-refractivity contribution < 1.29 is 23.6 Å². The van der Waals surface area contributed by atoms with Crippen LogP contribution < -0.4 is 4.84 Å². The summed E-state index contributed by atoms with van der Waals surface area (Å²) in [7, 11) is 0. The molecule has 0 N–H and O–H groups in total. The number of carbonyl (C=O) groups is 2. The number of allylic oxidation sites excluding steroid dienone is 2. The van der Waals surface area contributed by atoms with E-state index in [-0.39, 0.29) is 36.3 Å². The zero-order valence-corrected chi connectivity index (χ0v) is 19.5. The predicted molar refractivity (Wildman–Crippen MR) is 121 cm³/mol. The van der Waals surface area contributed by atoms with E-state index in [1.165, 1.54) is 15.9 Å². The summed E-state index contributed by atoms with van der Waals surface area (Å²) >= 11 is 5.21. The van der Waals surface area contributed by atoms with Gasteiger partial charge in [-0.2, -0.15) is 4.73 Å². The summed E-state index contributed by atoms with van der Waals surface area (Å²) in [5.74, 6) is -0.458. The Balaban J connectivity index is 1.59. The molecule has 2 aromatic rings. The maximum absolute atomic E-state index is 13.4. The summed E-state index contributed by atoms with van der Waals surface area (Å²) in [5, 5.41) is 0. The van der Waals surface area contributed by atoms with Crippen molar-refractivity contribution in [1.29, 1.82) is 0 Å². The highest BCUT2D eigenvalue weighted by Gasteiger charge is 2.59. The van der Waals surface area contributed by atoms with Crippen molar-refractivity contribution in [2.75, 3.05) is 0 Å². The molecule has 2 aliphatic rings. The first-order valence-electron chi connectivity index (χ1n) is 11.1. The molecule has 0 aromatic carbocycles. The Labute approximate surface area is 193 Å². The number of nitrogens with zero attached hydrogens (tertiary/aromatic N) is 1. The number of pyridine rings is 1. The third kappa shape index (κ3) is 4.06. The molecule has 1 aliphatic carbocycles. The molecule has 2 fully saturated rings. The molecule has 3 heterocycles. The fourth-order valence-electron chi connectivity index (χ4n) is 5.40. The molecule has 1 spiro atoms. The van der Waals surface area contributed by atoms with E-state index < -0.39 is 5.41 Å². The molecule has 1 saturated heterocycles. The average molecular weight is 456 g/mol. The lowest BCUT2D eigenvalue weighted by Gasteiger charge is -2.45. The number of rotatable bonds is 5. The van der Waals surface area contributed by atoms with Crippen LogP contribution in [0.4, 0.5) is 0 Å². The number of hydrogen-bond acceptors (Lipinski definition) is 6. The van der Waals surface area contributed by atoms with Gasteiger partial charge in [-0.25, -0.2) is 4.79 Å². The molecule has 7 heteroatoms. The quantitative estimate of drug-likeness (QED) is 0.332. The zero-order valence-electron chi connectivity index (χ0n) is 18.7. The van der Waals surface area contributed by atoms with Gasteiger partial charge in [0.25, 0.3) is 0 Å². The summed E-state index contributed by atoms with van der Waals surface area (Å²) in [4.78, 5) is 31.5. The smallest absolute Gasteiger partial charge is 0.332 e. The Morgan fingerprint density at radius 2 is 2.12 bits per heavy atom. The molecule has 170 valence electrons. The topological polar surface area (TPSA) is 70.7 Å². The summed E-state index contributed by atoms with van der Waals surface area (Å²) < 4.78 is 12.8. The van der Waals surface area contributed by atoms with Gasteiger partial charge in [0.1, 0.15) is 10.7 Å². The first kappa shape index (κ1) is 22.5. The SMILES string of the molecule is CC(C)=C1CC[C@@H](C)[C@]2(C[C@@H](c3ccoc3)OC2=O)[C@H]1CCC(=O)On1ccccc1=S. The number of ether oxygens (including phenoxy) is 1. The van der Waals surface area contributed by atoms with Crippen LogP contribution in [0.3, 0.4) is 0 Å². The Bertz CT molecular complexity index is 1080. The van der Waals surface area contributed by atoms with Crippen molar-refractivity contribution in [3.05, 3.63) is 64.3 Å². The van der Waals surface area contributed by atoms with Crippen LogP contribution in [0.5, 0.6) is 0 Å². The Kier molecular flexibility index (Phi) is 6.38. The second-order valence-electron chi connectivity index (χ2n) is 9.08. The third-order valence-corrected chi connectivity index (χ3v) is 7.42. The zero-order chi connectivity index (χ0) is 22.9. The van der Waals surface area contributed by atoms with Gasteiger partial charge in [0.2, 0.25) is 0 Å². The number of aromatic nitrogens is 1. The molecule has 0 radical (unpaired) electrons. The van der Waals surface area contributed by atoms with Crippen molar-refractivity contribution in [2.24, 2.45) is 17.3 Å². The van der Waals surface area contributed by atoms with Crippen molar-refractivity contribution in [3.63, 3.8) is 0 Å². The van der Waals surface area contributed by atoms with Gasteiger partial charge in [-0.3, -0.25) is 4.79 Å². The van der Waals surface area contributed by atoms with Gasteiger partial charge in [-0.1, -0.05) is 36.4 Å². The highest BCUT2D eigenvalue weighted by atomic mass is 32.1. The van der Waals surface area contributed by atoms with Crippen LogP contribution in [0.1, 0.15) is 64.5 Å². The van der Waals surface area contributed by atoms with Crippen LogP contribution in [0.2, 0.25) is 0 Å². The minimum absolute atomic E-state index is 0.0723. The Morgan fingerprint density at radius 1 is 1.31 bits per heavy atom. The van der Waals surface area contributed by atoms with E-state index in [1.54, 1.807) is 36.9 Å². The third-order valence-electron chi connectivity index (χ3n) is 7.10. The lowest BCUT2D eigenvalue weighted by atomic mass is 9.55. The van der Waals surface area contributed by atoms with Crippen molar-refractivity contribution in [3.8, 4) is 0 Å². The average Bonchev–Trinajstić information content (AvgIpc) is 3.40. The van der Waals surface area contributed by atoms with Crippen molar-refractivity contribution in [2.45, 2.75) is 59.0 Å². The normalized spacial score (nSPS) is 27.4. The Hall–Kier alpha value is -2.67. The second kappa shape index (κ2) is 9.06. The molecule has 0 amide bonds. The number of carbonyl (C=O) groups excluding carboxylic acids is 2. The van der Waals surface area contributed by atoms with Crippen LogP contribution in [-0.2, 0) is 14.3 Å². The molecule has 2 aromatic heterocycles. The van der Waals surface area contributed by atoms with E-state index in [0.717, 1.165) is 18.4 Å². The standard InChI is InChI=1S/C25H29NO5S/c1-16(2)19-8-7-17(3)25(14-21(30-24(25)28)18-11-13-29-15-18)20(19)9-10-23(27)31-26-12-5-4-6-22(26)32/h4-6,11-13,15,17,20-21H,7-10,14H2,1-3H3/t17-,20+,21+,25-/m1/s1. The van der Waals surface area contributed by atoms with Gasteiger partial charge in [-0.05, 0) is 63.1 Å². The molecule has 6 nitrogen and oxygen atoms in total. The number of esters is 1. The van der Waals surface area contributed by atoms with Gasteiger partial charge >= 0.3 is 11.9 Å². The van der Waals surface area contributed by atoms with Gasteiger partial charge in [0.05, 0.1) is 17.9 Å². The van der Waals surface area contributed by atoms with Crippen LogP contribution in [-0.4, -0.2) is 16.7 Å². The second-order valence-corrected chi connectivity index (χ2v) is 9.50. The maximum atomic E-state index is 13.4. The van der Waals surface area contributed by atoms with Gasteiger partial charge < -0.3 is 14.0 Å². The first-order valence-corrected chi connectivity index (χ1v) is 11.5. The number of hydrogen-bond donors (Lipinski definition) is 0. The first-order chi connectivity index (χ1) is 15.3. The van der Waals surface area contributed by atoms with E-state index in [0.29, 0.717) is 17.5 Å². The largest absolute Gasteiger partial charge is 0.472 e. The molecule has 1 saturated carbocycles. The van der Waals surface area contributed by atoms with E-state index in [9.17, 15) is 9.59 Å².